The average molecular weight is 274 g/mol. The van der Waals surface area contributed by atoms with Gasteiger partial charge in [0.25, 0.3) is 5.91 Å². The predicted molar refractivity (Wildman–Crippen MR) is 73.0 cm³/mol. The van der Waals surface area contributed by atoms with E-state index >= 15 is 0 Å². The number of carbonyl (C=O) groups is 2. The van der Waals surface area contributed by atoms with E-state index in [0.29, 0.717) is 25.8 Å². The zero-order valence-electron chi connectivity index (χ0n) is 11.3. The Morgan fingerprint density at radius 2 is 1.90 bits per heavy atom. The second-order valence-corrected chi connectivity index (χ2v) is 5.32. The minimum absolute atomic E-state index is 0.0712. The SMILES string of the molecule is O=C1NC2(CCNCC2)C(=O)N1CCc1ccncc1. The molecule has 106 valence electrons. The number of pyridine rings is 1. The molecule has 0 radical (unpaired) electrons. The lowest BCUT2D eigenvalue weighted by molar-refractivity contribution is -0.132. The zero-order chi connectivity index (χ0) is 14.0. The maximum absolute atomic E-state index is 12.5. The fraction of sp³-hybridized carbons (Fsp3) is 0.500. The summed E-state index contributed by atoms with van der Waals surface area (Å²) in [6, 6.07) is 3.54. The standard InChI is InChI=1S/C14H18N4O2/c19-12-14(4-8-16-9-5-14)17-13(20)18(12)10-3-11-1-6-15-7-2-11/h1-2,6-7,16H,3-5,8-10H2,(H,17,20). The van der Waals surface area contributed by atoms with Crippen molar-refractivity contribution in [2.75, 3.05) is 19.6 Å². The number of amides is 3. The summed E-state index contributed by atoms with van der Waals surface area (Å²) in [5.41, 5.74) is 0.410. The molecule has 2 aliphatic rings. The van der Waals surface area contributed by atoms with Crippen LogP contribution in [0.15, 0.2) is 24.5 Å². The summed E-state index contributed by atoms with van der Waals surface area (Å²) >= 11 is 0. The van der Waals surface area contributed by atoms with Gasteiger partial charge in [-0.05, 0) is 50.0 Å². The molecular weight excluding hydrogens is 256 g/mol. The van der Waals surface area contributed by atoms with Crippen molar-refractivity contribution in [1.29, 1.82) is 0 Å². The van der Waals surface area contributed by atoms with Crippen molar-refractivity contribution in [1.82, 2.24) is 20.5 Å². The third-order valence-electron chi connectivity index (χ3n) is 4.08. The Labute approximate surface area is 117 Å². The number of urea groups is 1. The summed E-state index contributed by atoms with van der Waals surface area (Å²) in [6.45, 7) is 1.96. The largest absolute Gasteiger partial charge is 0.325 e. The Bertz CT molecular complexity index is 511. The molecule has 2 saturated heterocycles. The Morgan fingerprint density at radius 1 is 1.20 bits per heavy atom. The van der Waals surface area contributed by atoms with Crippen LogP contribution in [0.25, 0.3) is 0 Å². The Hall–Kier alpha value is -1.95. The minimum Gasteiger partial charge on any atom is -0.323 e. The first kappa shape index (κ1) is 13.1. The first-order valence-corrected chi connectivity index (χ1v) is 6.95. The highest BCUT2D eigenvalue weighted by Gasteiger charge is 2.50. The fourth-order valence-corrected chi connectivity index (χ4v) is 2.86. The van der Waals surface area contributed by atoms with Crippen LogP contribution < -0.4 is 10.6 Å². The number of hydrogen-bond donors (Lipinski definition) is 2. The van der Waals surface area contributed by atoms with Gasteiger partial charge in [0.15, 0.2) is 0 Å². The van der Waals surface area contributed by atoms with Crippen molar-refractivity contribution < 1.29 is 9.59 Å². The number of rotatable bonds is 3. The highest BCUT2D eigenvalue weighted by atomic mass is 16.2. The summed E-state index contributed by atoms with van der Waals surface area (Å²) in [7, 11) is 0. The Balaban J connectivity index is 1.68. The van der Waals surface area contributed by atoms with Gasteiger partial charge in [0.1, 0.15) is 5.54 Å². The van der Waals surface area contributed by atoms with Gasteiger partial charge in [-0.1, -0.05) is 0 Å². The van der Waals surface area contributed by atoms with Gasteiger partial charge < -0.3 is 10.6 Å². The maximum Gasteiger partial charge on any atom is 0.325 e. The molecule has 0 saturated carbocycles. The quantitative estimate of drug-likeness (QED) is 0.777. The number of nitrogens with one attached hydrogen (secondary N) is 2. The van der Waals surface area contributed by atoms with Crippen LogP contribution in [0.5, 0.6) is 0 Å². The van der Waals surface area contributed by atoms with E-state index < -0.39 is 5.54 Å². The predicted octanol–water partition coefficient (Wildman–Crippen LogP) is 0.298. The number of nitrogens with zero attached hydrogens (tertiary/aromatic N) is 2. The summed E-state index contributed by atoms with van der Waals surface area (Å²) in [4.78, 5) is 29.9. The number of hydrogen-bond acceptors (Lipinski definition) is 4. The maximum atomic E-state index is 12.5. The lowest BCUT2D eigenvalue weighted by Gasteiger charge is -2.31. The number of imide groups is 1. The summed E-state index contributed by atoms with van der Waals surface area (Å²) < 4.78 is 0. The van der Waals surface area contributed by atoms with Gasteiger partial charge in [-0.25, -0.2) is 4.79 Å². The van der Waals surface area contributed by atoms with E-state index in [-0.39, 0.29) is 11.9 Å². The fourth-order valence-electron chi connectivity index (χ4n) is 2.86. The van der Waals surface area contributed by atoms with Gasteiger partial charge in [0.05, 0.1) is 0 Å². The van der Waals surface area contributed by atoms with Crippen LogP contribution in [0.4, 0.5) is 4.79 Å². The van der Waals surface area contributed by atoms with E-state index in [1.165, 1.54) is 4.90 Å². The first-order chi connectivity index (χ1) is 9.71. The van der Waals surface area contributed by atoms with Crippen LogP contribution in [-0.4, -0.2) is 47.0 Å². The van der Waals surface area contributed by atoms with E-state index in [1.807, 2.05) is 12.1 Å². The molecule has 20 heavy (non-hydrogen) atoms. The van der Waals surface area contributed by atoms with Crippen molar-refractivity contribution >= 4 is 11.9 Å². The third-order valence-corrected chi connectivity index (χ3v) is 4.08. The van der Waals surface area contributed by atoms with Crippen molar-refractivity contribution in [3.05, 3.63) is 30.1 Å². The molecule has 2 fully saturated rings. The van der Waals surface area contributed by atoms with Crippen molar-refractivity contribution in [3.63, 3.8) is 0 Å². The second-order valence-electron chi connectivity index (χ2n) is 5.32. The molecule has 2 aliphatic heterocycles. The Morgan fingerprint density at radius 3 is 2.60 bits per heavy atom. The number of piperidine rings is 1. The molecule has 3 heterocycles. The highest BCUT2D eigenvalue weighted by Crippen LogP contribution is 2.26. The summed E-state index contributed by atoms with van der Waals surface area (Å²) in [5, 5.41) is 6.11. The summed E-state index contributed by atoms with van der Waals surface area (Å²) in [5.74, 6) is -0.0712. The van der Waals surface area contributed by atoms with Crippen LogP contribution in [-0.2, 0) is 11.2 Å². The third kappa shape index (κ3) is 2.27. The van der Waals surface area contributed by atoms with Gasteiger partial charge in [-0.3, -0.25) is 14.7 Å². The van der Waals surface area contributed by atoms with Crippen molar-refractivity contribution in [2.24, 2.45) is 0 Å². The molecule has 1 spiro atoms. The van der Waals surface area contributed by atoms with Gasteiger partial charge >= 0.3 is 6.03 Å². The van der Waals surface area contributed by atoms with Gasteiger partial charge in [0, 0.05) is 18.9 Å². The molecule has 6 heteroatoms. The van der Waals surface area contributed by atoms with Crippen LogP contribution >= 0.6 is 0 Å². The van der Waals surface area contributed by atoms with Crippen LogP contribution in [0.3, 0.4) is 0 Å². The first-order valence-electron chi connectivity index (χ1n) is 6.95. The molecule has 0 aromatic carbocycles. The minimum atomic E-state index is -0.666. The van der Waals surface area contributed by atoms with E-state index in [2.05, 4.69) is 15.6 Å². The van der Waals surface area contributed by atoms with Crippen LogP contribution in [0, 0.1) is 0 Å². The van der Waals surface area contributed by atoms with Gasteiger partial charge in [0.2, 0.25) is 0 Å². The average Bonchev–Trinajstić information content (AvgIpc) is 2.70. The monoisotopic (exact) mass is 274 g/mol. The molecule has 6 nitrogen and oxygen atoms in total. The molecular formula is C14H18N4O2. The zero-order valence-corrected chi connectivity index (χ0v) is 11.3. The smallest absolute Gasteiger partial charge is 0.323 e. The molecule has 0 unspecified atom stereocenters. The molecule has 1 aromatic heterocycles. The lowest BCUT2D eigenvalue weighted by Crippen LogP contribution is -2.53. The number of aromatic nitrogens is 1. The second kappa shape index (κ2) is 5.20. The highest BCUT2D eigenvalue weighted by molar-refractivity contribution is 6.07. The topological polar surface area (TPSA) is 74.3 Å². The molecule has 2 N–H and O–H groups in total. The lowest BCUT2D eigenvalue weighted by atomic mass is 9.88. The molecule has 1 aromatic rings. The normalized spacial score (nSPS) is 21.3. The Kier molecular flexibility index (Phi) is 3.40. The van der Waals surface area contributed by atoms with Crippen LogP contribution in [0.1, 0.15) is 18.4 Å². The van der Waals surface area contributed by atoms with E-state index in [4.69, 9.17) is 0 Å². The number of carbonyl (C=O) groups excluding carboxylic acids is 2. The molecule has 0 aliphatic carbocycles. The van der Waals surface area contributed by atoms with E-state index in [1.54, 1.807) is 12.4 Å². The summed E-state index contributed by atoms with van der Waals surface area (Å²) in [6.07, 6.45) is 5.44. The molecule has 3 amide bonds. The van der Waals surface area contributed by atoms with Gasteiger partial charge in [-0.15, -0.1) is 0 Å². The van der Waals surface area contributed by atoms with Crippen molar-refractivity contribution in [2.45, 2.75) is 24.8 Å². The van der Waals surface area contributed by atoms with E-state index in [9.17, 15) is 9.59 Å². The van der Waals surface area contributed by atoms with Crippen LogP contribution in [0.2, 0.25) is 0 Å². The van der Waals surface area contributed by atoms with Gasteiger partial charge in [-0.2, -0.15) is 0 Å². The molecule has 0 atom stereocenters. The molecule has 0 bridgehead atoms. The van der Waals surface area contributed by atoms with E-state index in [0.717, 1.165) is 18.7 Å². The van der Waals surface area contributed by atoms with Crippen molar-refractivity contribution in [3.8, 4) is 0 Å². The molecule has 3 rings (SSSR count).